The third-order valence-corrected chi connectivity index (χ3v) is 4.86. The third kappa shape index (κ3) is 3.39. The maximum atomic E-state index is 12.7. The van der Waals surface area contributed by atoms with E-state index in [2.05, 4.69) is 38.1 Å². The van der Waals surface area contributed by atoms with Gasteiger partial charge in [0, 0.05) is 24.2 Å². The van der Waals surface area contributed by atoms with Crippen molar-refractivity contribution in [3.8, 4) is 0 Å². The van der Waals surface area contributed by atoms with Crippen LogP contribution in [0.4, 0.5) is 5.69 Å². The largest absolute Gasteiger partial charge is 0.399 e. The fourth-order valence-electron chi connectivity index (χ4n) is 3.56. The smallest absolute Gasteiger partial charge is 0.227 e. The van der Waals surface area contributed by atoms with Gasteiger partial charge >= 0.3 is 0 Å². The molecule has 1 aliphatic heterocycles. The van der Waals surface area contributed by atoms with E-state index >= 15 is 0 Å². The molecule has 0 radical (unpaired) electrons. The monoisotopic (exact) mass is 308 g/mol. The first-order valence-corrected chi connectivity index (χ1v) is 8.24. The molecule has 1 aliphatic rings. The van der Waals surface area contributed by atoms with Crippen molar-refractivity contribution < 1.29 is 4.79 Å². The topological polar surface area (TPSA) is 46.3 Å². The number of likely N-dealkylation sites (tertiary alicyclic amines) is 1. The van der Waals surface area contributed by atoms with Gasteiger partial charge in [-0.3, -0.25) is 4.79 Å². The maximum Gasteiger partial charge on any atom is 0.227 e. The number of anilines is 1. The second-order valence-electron chi connectivity index (χ2n) is 6.60. The Labute approximate surface area is 138 Å². The number of hydrogen-bond acceptors (Lipinski definition) is 2. The van der Waals surface area contributed by atoms with Gasteiger partial charge in [0.1, 0.15) is 0 Å². The minimum atomic E-state index is 0.207. The molecular weight excluding hydrogens is 284 g/mol. The highest BCUT2D eigenvalue weighted by Gasteiger charge is 2.33. The Morgan fingerprint density at radius 1 is 1.17 bits per heavy atom. The summed E-state index contributed by atoms with van der Waals surface area (Å²) in [6.07, 6.45) is 1.49. The van der Waals surface area contributed by atoms with E-state index in [0.717, 1.165) is 24.2 Å². The van der Waals surface area contributed by atoms with Crippen LogP contribution in [0, 0.1) is 6.92 Å². The quantitative estimate of drug-likeness (QED) is 0.882. The van der Waals surface area contributed by atoms with Gasteiger partial charge < -0.3 is 10.6 Å². The molecule has 2 N–H and O–H groups in total. The van der Waals surface area contributed by atoms with Crippen molar-refractivity contribution in [3.63, 3.8) is 0 Å². The molecule has 0 bridgehead atoms. The summed E-state index contributed by atoms with van der Waals surface area (Å²) in [4.78, 5) is 14.7. The fourth-order valence-corrected chi connectivity index (χ4v) is 3.56. The number of nitrogens with two attached hydrogens (primary N) is 1. The molecule has 2 aromatic rings. The molecule has 3 rings (SSSR count). The van der Waals surface area contributed by atoms with Crippen molar-refractivity contribution in [2.24, 2.45) is 0 Å². The first-order valence-electron chi connectivity index (χ1n) is 8.24. The van der Waals surface area contributed by atoms with Crippen LogP contribution in [0.25, 0.3) is 0 Å². The zero-order chi connectivity index (χ0) is 16.4. The number of benzene rings is 2. The molecular formula is C20H24N2O. The maximum absolute atomic E-state index is 12.7. The van der Waals surface area contributed by atoms with E-state index in [1.165, 1.54) is 11.1 Å². The molecule has 0 unspecified atom stereocenters. The van der Waals surface area contributed by atoms with Crippen LogP contribution in [-0.4, -0.2) is 23.4 Å². The minimum Gasteiger partial charge on any atom is -0.399 e. The molecule has 0 saturated carbocycles. The molecule has 0 aromatic heterocycles. The second-order valence-corrected chi connectivity index (χ2v) is 6.60. The third-order valence-electron chi connectivity index (χ3n) is 4.86. The molecule has 23 heavy (non-hydrogen) atoms. The van der Waals surface area contributed by atoms with Crippen LogP contribution in [0.5, 0.6) is 0 Å². The Bertz CT molecular complexity index is 693. The van der Waals surface area contributed by atoms with Gasteiger partial charge in [0.2, 0.25) is 5.91 Å². The van der Waals surface area contributed by atoms with Gasteiger partial charge in [-0.2, -0.15) is 0 Å². The highest BCUT2D eigenvalue weighted by molar-refractivity contribution is 5.79. The Morgan fingerprint density at radius 3 is 2.57 bits per heavy atom. The van der Waals surface area contributed by atoms with Crippen LogP contribution in [0.2, 0.25) is 0 Å². The number of amides is 1. The number of rotatable bonds is 3. The summed E-state index contributed by atoms with van der Waals surface area (Å²) in [6, 6.07) is 16.4. The number of nitrogens with zero attached hydrogens (tertiary/aromatic N) is 1. The van der Waals surface area contributed by atoms with Crippen LogP contribution in [-0.2, 0) is 11.2 Å². The lowest BCUT2D eigenvalue weighted by molar-refractivity contribution is -0.131. The van der Waals surface area contributed by atoms with E-state index in [9.17, 15) is 4.79 Å². The lowest BCUT2D eigenvalue weighted by atomic mass is 9.93. The van der Waals surface area contributed by atoms with Crippen molar-refractivity contribution in [2.75, 3.05) is 12.3 Å². The number of nitrogen functional groups attached to an aromatic ring is 1. The van der Waals surface area contributed by atoms with Crippen molar-refractivity contribution in [2.45, 2.75) is 38.6 Å². The van der Waals surface area contributed by atoms with Crippen LogP contribution >= 0.6 is 0 Å². The molecule has 2 atom stereocenters. The summed E-state index contributed by atoms with van der Waals surface area (Å²) in [5, 5.41) is 0. The minimum absolute atomic E-state index is 0.207. The van der Waals surface area contributed by atoms with Gasteiger partial charge in [-0.1, -0.05) is 36.4 Å². The summed E-state index contributed by atoms with van der Waals surface area (Å²) in [5.41, 5.74) is 10.2. The van der Waals surface area contributed by atoms with Gasteiger partial charge in [0.15, 0.2) is 0 Å². The molecule has 1 saturated heterocycles. The zero-order valence-corrected chi connectivity index (χ0v) is 13.8. The van der Waals surface area contributed by atoms with Crippen LogP contribution in [0.15, 0.2) is 48.5 Å². The molecule has 1 amide bonds. The van der Waals surface area contributed by atoms with E-state index in [-0.39, 0.29) is 5.91 Å². The predicted octanol–water partition coefficient (Wildman–Crippen LogP) is 3.52. The normalized spacial score (nSPS) is 20.7. The molecule has 120 valence electrons. The molecule has 1 heterocycles. The lowest BCUT2D eigenvalue weighted by Gasteiger charge is -2.21. The summed E-state index contributed by atoms with van der Waals surface area (Å²) in [6.45, 7) is 5.12. The van der Waals surface area contributed by atoms with Crippen molar-refractivity contribution in [1.82, 2.24) is 4.90 Å². The van der Waals surface area contributed by atoms with Gasteiger partial charge in [0.05, 0.1) is 6.42 Å². The SMILES string of the molecule is Cc1ccccc1[C@@H]1C[C@@H](C)N(C(=O)Cc2ccc(N)cc2)C1. The average Bonchev–Trinajstić information content (AvgIpc) is 2.92. The Morgan fingerprint density at radius 2 is 1.87 bits per heavy atom. The predicted molar refractivity (Wildman–Crippen MR) is 94.3 cm³/mol. The number of hydrogen-bond donors (Lipinski definition) is 1. The number of carbonyl (C=O) groups excluding carboxylic acids is 1. The van der Waals surface area contributed by atoms with Crippen molar-refractivity contribution >= 4 is 11.6 Å². The first kappa shape index (κ1) is 15.6. The van der Waals surface area contributed by atoms with Crippen LogP contribution in [0.3, 0.4) is 0 Å². The van der Waals surface area contributed by atoms with E-state index in [1.807, 2.05) is 29.2 Å². The van der Waals surface area contributed by atoms with Gasteiger partial charge in [-0.15, -0.1) is 0 Å². The molecule has 3 nitrogen and oxygen atoms in total. The Kier molecular flexibility index (Phi) is 4.37. The lowest BCUT2D eigenvalue weighted by Crippen LogP contribution is -2.35. The molecule has 2 aromatic carbocycles. The van der Waals surface area contributed by atoms with E-state index in [4.69, 9.17) is 5.73 Å². The van der Waals surface area contributed by atoms with E-state index in [1.54, 1.807) is 0 Å². The van der Waals surface area contributed by atoms with Gasteiger partial charge in [-0.05, 0) is 49.1 Å². The first-order chi connectivity index (χ1) is 11.0. The molecule has 3 heteroatoms. The molecule has 0 spiro atoms. The molecule has 1 fully saturated rings. The van der Waals surface area contributed by atoms with E-state index < -0.39 is 0 Å². The Hall–Kier alpha value is -2.29. The van der Waals surface area contributed by atoms with Crippen LogP contribution < -0.4 is 5.73 Å². The standard InChI is InChI=1S/C20H24N2O/c1-14-5-3-4-6-19(14)17-11-15(2)22(13-17)20(23)12-16-7-9-18(21)10-8-16/h3-10,15,17H,11-13,21H2,1-2H3/t15-,17-/m1/s1. The summed E-state index contributed by atoms with van der Waals surface area (Å²) >= 11 is 0. The summed E-state index contributed by atoms with van der Waals surface area (Å²) in [5.74, 6) is 0.653. The van der Waals surface area contributed by atoms with Gasteiger partial charge in [-0.25, -0.2) is 0 Å². The van der Waals surface area contributed by atoms with Crippen molar-refractivity contribution in [1.29, 1.82) is 0 Å². The molecule has 0 aliphatic carbocycles. The number of aryl methyl sites for hydroxylation is 1. The van der Waals surface area contributed by atoms with E-state index in [0.29, 0.717) is 18.4 Å². The zero-order valence-electron chi connectivity index (χ0n) is 13.8. The van der Waals surface area contributed by atoms with Crippen LogP contribution in [0.1, 0.15) is 36.0 Å². The summed E-state index contributed by atoms with van der Waals surface area (Å²) in [7, 11) is 0. The average molecular weight is 308 g/mol. The second kappa shape index (κ2) is 6.45. The fraction of sp³-hybridized carbons (Fsp3) is 0.350. The summed E-state index contributed by atoms with van der Waals surface area (Å²) < 4.78 is 0. The van der Waals surface area contributed by atoms with Gasteiger partial charge in [0.25, 0.3) is 0 Å². The number of carbonyl (C=O) groups is 1. The van der Waals surface area contributed by atoms with Crippen molar-refractivity contribution in [3.05, 3.63) is 65.2 Å². The highest BCUT2D eigenvalue weighted by atomic mass is 16.2. The highest BCUT2D eigenvalue weighted by Crippen LogP contribution is 2.33. The Balaban J connectivity index is 1.70.